The molecule has 0 saturated heterocycles. The second-order valence-electron chi connectivity index (χ2n) is 7.17. The molecule has 4 aromatic rings. The van der Waals surface area contributed by atoms with Crippen LogP contribution in [0.5, 0.6) is 5.88 Å². The van der Waals surface area contributed by atoms with E-state index < -0.39 is 15.9 Å². The molecular formula is C23H20N6O4S. The third kappa shape index (κ3) is 5.70. The first-order valence-electron chi connectivity index (χ1n) is 10.1. The van der Waals surface area contributed by atoms with Crippen molar-refractivity contribution in [1.29, 1.82) is 0 Å². The lowest BCUT2D eigenvalue weighted by Crippen LogP contribution is -2.18. The number of anilines is 2. The minimum absolute atomic E-state index is 0.0372. The zero-order valence-electron chi connectivity index (χ0n) is 18.0. The predicted octanol–water partition coefficient (Wildman–Crippen LogP) is 3.21. The predicted molar refractivity (Wildman–Crippen MR) is 125 cm³/mol. The molecule has 3 aromatic heterocycles. The first kappa shape index (κ1) is 22.8. The first-order chi connectivity index (χ1) is 16.4. The van der Waals surface area contributed by atoms with Crippen LogP contribution in [0.2, 0.25) is 0 Å². The number of amides is 1. The van der Waals surface area contributed by atoms with Crippen LogP contribution in [0.25, 0.3) is 0 Å². The molecule has 1 amide bonds. The van der Waals surface area contributed by atoms with Gasteiger partial charge in [-0.3, -0.25) is 19.5 Å². The quantitative estimate of drug-likeness (QED) is 0.396. The van der Waals surface area contributed by atoms with Gasteiger partial charge in [0.15, 0.2) is 5.69 Å². The number of hydrogen-bond acceptors (Lipinski definition) is 8. The average Bonchev–Trinajstić information content (AvgIpc) is 2.85. The summed E-state index contributed by atoms with van der Waals surface area (Å²) in [6.45, 7) is 1.89. The summed E-state index contributed by atoms with van der Waals surface area (Å²) in [4.78, 5) is 29.0. The Morgan fingerprint density at radius 3 is 2.38 bits per heavy atom. The molecule has 11 heteroatoms. The van der Waals surface area contributed by atoms with Gasteiger partial charge < -0.3 is 10.1 Å². The lowest BCUT2D eigenvalue weighted by molar-refractivity contribution is 0.102. The molecule has 0 spiro atoms. The Morgan fingerprint density at radius 2 is 1.71 bits per heavy atom. The maximum atomic E-state index is 12.9. The second kappa shape index (κ2) is 10.0. The van der Waals surface area contributed by atoms with Gasteiger partial charge >= 0.3 is 0 Å². The fourth-order valence-corrected chi connectivity index (χ4v) is 3.83. The van der Waals surface area contributed by atoms with Crippen LogP contribution in [0, 0.1) is 6.92 Å². The van der Waals surface area contributed by atoms with Crippen LogP contribution in [0.3, 0.4) is 0 Å². The molecule has 3 heterocycles. The number of hydrogen-bond donors (Lipinski definition) is 2. The summed E-state index contributed by atoms with van der Waals surface area (Å²) in [5, 5.41) is 2.65. The Bertz CT molecular complexity index is 1380. The molecule has 34 heavy (non-hydrogen) atoms. The SMILES string of the molecule is Cc1ccc(S(=O)(=O)Nc2ncc(C(=O)Nc3cccnc3)nc2OCc2cccnc2)cc1. The molecule has 0 unspecified atom stereocenters. The van der Waals surface area contributed by atoms with E-state index in [2.05, 4.69) is 30.0 Å². The minimum Gasteiger partial charge on any atom is -0.470 e. The number of nitrogens with zero attached hydrogens (tertiary/aromatic N) is 4. The van der Waals surface area contributed by atoms with Gasteiger partial charge in [0.2, 0.25) is 5.82 Å². The second-order valence-corrected chi connectivity index (χ2v) is 8.86. The van der Waals surface area contributed by atoms with E-state index in [-0.39, 0.29) is 28.9 Å². The number of carbonyl (C=O) groups excluding carboxylic acids is 1. The maximum Gasteiger partial charge on any atom is 0.276 e. The summed E-state index contributed by atoms with van der Waals surface area (Å²) in [6, 6.07) is 13.2. The Labute approximate surface area is 196 Å². The topological polar surface area (TPSA) is 136 Å². The van der Waals surface area contributed by atoms with Crippen LogP contribution in [0.15, 0.2) is 84.4 Å². The number of pyridine rings is 2. The maximum absolute atomic E-state index is 12.9. The van der Waals surface area contributed by atoms with Crippen molar-refractivity contribution in [2.45, 2.75) is 18.4 Å². The highest BCUT2D eigenvalue weighted by Gasteiger charge is 2.21. The third-order valence-corrected chi connectivity index (χ3v) is 5.91. The molecule has 1 aromatic carbocycles. The zero-order chi connectivity index (χ0) is 24.0. The van der Waals surface area contributed by atoms with Crippen LogP contribution in [0.1, 0.15) is 21.6 Å². The van der Waals surface area contributed by atoms with Crippen molar-refractivity contribution in [1.82, 2.24) is 19.9 Å². The average molecular weight is 477 g/mol. The monoisotopic (exact) mass is 476 g/mol. The van der Waals surface area contributed by atoms with Crippen molar-refractivity contribution in [3.63, 3.8) is 0 Å². The number of nitrogens with one attached hydrogen (secondary N) is 2. The van der Waals surface area contributed by atoms with Crippen molar-refractivity contribution < 1.29 is 17.9 Å². The van der Waals surface area contributed by atoms with E-state index in [1.807, 2.05) is 6.92 Å². The minimum atomic E-state index is -3.97. The third-order valence-electron chi connectivity index (χ3n) is 4.55. The molecule has 0 fully saturated rings. The molecule has 172 valence electrons. The molecule has 0 aliphatic heterocycles. The number of aromatic nitrogens is 4. The summed E-state index contributed by atoms with van der Waals surface area (Å²) in [5.41, 5.74) is 2.05. The van der Waals surface area contributed by atoms with Crippen molar-refractivity contribution in [3.8, 4) is 5.88 Å². The molecule has 0 atom stereocenters. The fraction of sp³-hybridized carbons (Fsp3) is 0.0870. The number of ether oxygens (including phenoxy) is 1. The van der Waals surface area contributed by atoms with Crippen LogP contribution in [-0.4, -0.2) is 34.3 Å². The fourth-order valence-electron chi connectivity index (χ4n) is 2.82. The molecule has 0 aliphatic carbocycles. The van der Waals surface area contributed by atoms with Crippen molar-refractivity contribution >= 4 is 27.4 Å². The van der Waals surface area contributed by atoms with Gasteiger partial charge in [-0.05, 0) is 37.3 Å². The molecule has 2 N–H and O–H groups in total. The van der Waals surface area contributed by atoms with Crippen LogP contribution < -0.4 is 14.8 Å². The van der Waals surface area contributed by atoms with E-state index in [9.17, 15) is 13.2 Å². The van der Waals surface area contributed by atoms with Crippen LogP contribution in [-0.2, 0) is 16.6 Å². The highest BCUT2D eigenvalue weighted by atomic mass is 32.2. The highest BCUT2D eigenvalue weighted by molar-refractivity contribution is 7.92. The lowest BCUT2D eigenvalue weighted by atomic mass is 10.2. The highest BCUT2D eigenvalue weighted by Crippen LogP contribution is 2.24. The molecule has 0 radical (unpaired) electrons. The zero-order valence-corrected chi connectivity index (χ0v) is 18.9. The van der Waals surface area contributed by atoms with E-state index in [1.165, 1.54) is 18.3 Å². The molecule has 0 saturated carbocycles. The number of carbonyl (C=O) groups is 1. The van der Waals surface area contributed by atoms with Gasteiger partial charge in [0.25, 0.3) is 21.8 Å². The largest absolute Gasteiger partial charge is 0.470 e. The van der Waals surface area contributed by atoms with Crippen molar-refractivity contribution in [3.05, 3.63) is 96.3 Å². The normalized spacial score (nSPS) is 11.0. The van der Waals surface area contributed by atoms with E-state index in [0.717, 1.165) is 17.3 Å². The Morgan fingerprint density at radius 1 is 0.971 bits per heavy atom. The Hall–Kier alpha value is -4.38. The summed E-state index contributed by atoms with van der Waals surface area (Å²) in [6.07, 6.45) is 7.44. The smallest absolute Gasteiger partial charge is 0.276 e. The first-order valence-corrected chi connectivity index (χ1v) is 11.6. The summed E-state index contributed by atoms with van der Waals surface area (Å²) in [7, 11) is -3.97. The van der Waals surface area contributed by atoms with Gasteiger partial charge in [-0.1, -0.05) is 23.8 Å². The molecular weight excluding hydrogens is 456 g/mol. The molecule has 0 bridgehead atoms. The van der Waals surface area contributed by atoms with Gasteiger partial charge in [0.05, 0.1) is 23.0 Å². The molecule has 10 nitrogen and oxygen atoms in total. The number of aryl methyl sites for hydroxylation is 1. The number of sulfonamides is 1. The van der Waals surface area contributed by atoms with Gasteiger partial charge in [-0.15, -0.1) is 0 Å². The van der Waals surface area contributed by atoms with Crippen LogP contribution in [0.4, 0.5) is 11.5 Å². The number of benzene rings is 1. The van der Waals surface area contributed by atoms with Gasteiger partial charge in [0, 0.05) is 24.2 Å². The summed E-state index contributed by atoms with van der Waals surface area (Å²) in [5.74, 6) is -0.861. The molecule has 4 rings (SSSR count). The summed E-state index contributed by atoms with van der Waals surface area (Å²) < 4.78 is 33.9. The van der Waals surface area contributed by atoms with Gasteiger partial charge in [-0.2, -0.15) is 0 Å². The van der Waals surface area contributed by atoms with Crippen LogP contribution >= 0.6 is 0 Å². The van der Waals surface area contributed by atoms with Crippen molar-refractivity contribution in [2.75, 3.05) is 10.0 Å². The Balaban J connectivity index is 1.62. The van der Waals surface area contributed by atoms with E-state index >= 15 is 0 Å². The van der Waals surface area contributed by atoms with Gasteiger partial charge in [0.1, 0.15) is 6.61 Å². The standard InChI is InChI=1S/C23H20N6O4S/c1-16-6-8-19(9-7-16)34(31,32)29-21-23(33-15-17-4-2-10-24-12-17)28-20(14-26-21)22(30)27-18-5-3-11-25-13-18/h2-14H,15H2,1H3,(H,26,29)(H,27,30). The lowest BCUT2D eigenvalue weighted by Gasteiger charge is -2.13. The van der Waals surface area contributed by atoms with E-state index in [1.54, 1.807) is 55.0 Å². The van der Waals surface area contributed by atoms with E-state index in [4.69, 9.17) is 4.74 Å². The number of rotatable bonds is 8. The summed E-state index contributed by atoms with van der Waals surface area (Å²) >= 11 is 0. The van der Waals surface area contributed by atoms with Crippen molar-refractivity contribution in [2.24, 2.45) is 0 Å². The van der Waals surface area contributed by atoms with Gasteiger partial charge in [-0.25, -0.2) is 18.4 Å². The van der Waals surface area contributed by atoms with E-state index in [0.29, 0.717) is 5.69 Å². The molecule has 0 aliphatic rings. The Kier molecular flexibility index (Phi) is 6.74.